The fraction of sp³-hybridized carbons (Fsp3) is 0.242. The van der Waals surface area contributed by atoms with Crippen LogP contribution < -0.4 is 13.8 Å². The summed E-state index contributed by atoms with van der Waals surface area (Å²) in [6.07, 6.45) is 2.89. The third-order valence-corrected chi connectivity index (χ3v) is 10.3. The lowest BCUT2D eigenvalue weighted by Gasteiger charge is -2.30. The first-order valence-electron chi connectivity index (χ1n) is 15.1. The number of fused-ring (bicyclic) bond motifs is 5. The topological polar surface area (TPSA) is 159 Å². The Labute approximate surface area is 275 Å². The normalized spacial score (nSPS) is 18.0. The molecule has 7 rings (SSSR count). The number of aromatic nitrogens is 3. The number of sulfonamides is 1. The predicted octanol–water partition coefficient (Wildman–Crippen LogP) is 4.09. The highest BCUT2D eigenvalue weighted by atomic mass is 32.2. The van der Waals surface area contributed by atoms with Crippen molar-refractivity contribution in [2.24, 2.45) is 0 Å². The molecule has 3 aromatic carbocycles. The number of hydrogen-bond donors (Lipinski definition) is 0. The minimum atomic E-state index is -4.58. The lowest BCUT2D eigenvalue weighted by molar-refractivity contribution is -0.387. The molecule has 2 aromatic heterocycles. The first-order valence-corrected chi connectivity index (χ1v) is 16.6. The fourth-order valence-electron chi connectivity index (χ4n) is 6.04. The van der Waals surface area contributed by atoms with Crippen LogP contribution in [0.5, 0.6) is 11.6 Å². The van der Waals surface area contributed by atoms with Crippen molar-refractivity contribution in [2.75, 3.05) is 31.1 Å². The second-order valence-corrected chi connectivity index (χ2v) is 13.2. The average molecular weight is 671 g/mol. The lowest BCUT2D eigenvalue weighted by atomic mass is 10.1. The molecule has 4 heterocycles. The molecular weight excluding hydrogens is 640 g/mol. The summed E-state index contributed by atoms with van der Waals surface area (Å²) in [6, 6.07) is 20.8. The van der Waals surface area contributed by atoms with E-state index in [9.17, 15) is 23.3 Å². The molecule has 2 aliphatic rings. The van der Waals surface area contributed by atoms with Crippen molar-refractivity contribution in [1.29, 1.82) is 0 Å². The Kier molecular flexibility index (Phi) is 8.14. The number of amides is 1. The van der Waals surface area contributed by atoms with Gasteiger partial charge in [0.25, 0.3) is 21.6 Å². The average Bonchev–Trinajstić information content (AvgIpc) is 3.66. The van der Waals surface area contributed by atoms with Crippen LogP contribution in [0.2, 0.25) is 0 Å². The highest BCUT2D eigenvalue weighted by Crippen LogP contribution is 2.37. The van der Waals surface area contributed by atoms with Gasteiger partial charge in [-0.05, 0) is 29.3 Å². The Morgan fingerprint density at radius 3 is 2.62 bits per heavy atom. The maximum Gasteiger partial charge on any atom is 0.289 e. The van der Waals surface area contributed by atoms with E-state index in [1.807, 2.05) is 30.3 Å². The van der Waals surface area contributed by atoms with E-state index < -0.39 is 37.7 Å². The second kappa shape index (κ2) is 12.6. The van der Waals surface area contributed by atoms with E-state index in [-0.39, 0.29) is 37.9 Å². The zero-order valence-corrected chi connectivity index (χ0v) is 26.5. The van der Waals surface area contributed by atoms with Gasteiger partial charge in [0.1, 0.15) is 25.1 Å². The predicted molar refractivity (Wildman–Crippen MR) is 173 cm³/mol. The Bertz CT molecular complexity index is 2120. The molecule has 1 amide bonds. The Morgan fingerprint density at radius 2 is 1.83 bits per heavy atom. The SMILES string of the molecule is CO[C@@H]1C[C@H]2COc3ccn4ncc(c4n3)-c3cc(OCc4ccccc4)cc(c3)N(S(=O)(=O)c3ccccc3[N+](=O)[O-])CCN2C1=O. The van der Waals surface area contributed by atoms with Gasteiger partial charge in [0.05, 0.1) is 29.4 Å². The van der Waals surface area contributed by atoms with Gasteiger partial charge < -0.3 is 19.1 Å². The molecule has 0 aliphatic carbocycles. The monoisotopic (exact) mass is 670 g/mol. The Hall–Kier alpha value is -5.54. The molecule has 15 heteroatoms. The summed E-state index contributed by atoms with van der Waals surface area (Å²) in [5, 5.41) is 16.4. The summed E-state index contributed by atoms with van der Waals surface area (Å²) in [7, 11) is -3.14. The standard InChI is InChI=1S/C33H30N6O8S/c1-45-29-18-25-21-47-31-11-12-37-32(35-31)27(19-34-37)23-15-24(17-26(16-23)46-20-22-7-3-2-4-8-22)38(14-13-36(25)33(29)40)48(43,44)30-10-6-5-9-28(30)39(41)42/h2-12,15-17,19,25,29H,13-14,18,20-21H2,1H3/t25-,29+/m0/s1. The molecule has 0 radical (unpaired) electrons. The van der Waals surface area contributed by atoms with Crippen LogP contribution in [-0.4, -0.2) is 77.7 Å². The van der Waals surface area contributed by atoms with Crippen molar-refractivity contribution in [2.45, 2.75) is 30.1 Å². The van der Waals surface area contributed by atoms with Crippen LogP contribution in [0, 0.1) is 10.1 Å². The van der Waals surface area contributed by atoms with E-state index in [0.29, 0.717) is 34.8 Å². The van der Waals surface area contributed by atoms with Crippen LogP contribution in [0.25, 0.3) is 16.8 Å². The van der Waals surface area contributed by atoms with Gasteiger partial charge in [0.15, 0.2) is 10.5 Å². The minimum absolute atomic E-state index is 0.0531. The highest BCUT2D eigenvalue weighted by Gasteiger charge is 2.41. The number of hydrogen-bond acceptors (Lipinski definition) is 10. The van der Waals surface area contributed by atoms with E-state index in [4.69, 9.17) is 19.2 Å². The van der Waals surface area contributed by atoms with Gasteiger partial charge in [-0.3, -0.25) is 19.2 Å². The van der Waals surface area contributed by atoms with Crippen molar-refractivity contribution < 1.29 is 32.3 Å². The molecule has 246 valence electrons. The number of carbonyl (C=O) groups excluding carboxylic acids is 1. The smallest absolute Gasteiger partial charge is 0.289 e. The van der Waals surface area contributed by atoms with Crippen LogP contribution in [0.1, 0.15) is 12.0 Å². The highest BCUT2D eigenvalue weighted by molar-refractivity contribution is 7.93. The first-order chi connectivity index (χ1) is 23.2. The number of nitro benzene ring substituents is 1. The fourth-order valence-corrected chi connectivity index (χ4v) is 7.64. The maximum atomic E-state index is 14.5. The number of para-hydroxylation sites is 1. The number of ether oxygens (including phenoxy) is 3. The van der Waals surface area contributed by atoms with E-state index in [0.717, 1.165) is 15.9 Å². The van der Waals surface area contributed by atoms with E-state index in [1.54, 1.807) is 41.2 Å². The van der Waals surface area contributed by atoms with Crippen LogP contribution in [-0.2, 0) is 26.2 Å². The summed E-state index contributed by atoms with van der Waals surface area (Å²) in [6.45, 7) is -0.0178. The number of benzene rings is 3. The molecule has 2 atom stereocenters. The molecule has 4 bridgehead atoms. The number of nitrogens with zero attached hydrogens (tertiary/aromatic N) is 6. The molecule has 0 spiro atoms. The summed E-state index contributed by atoms with van der Waals surface area (Å²) in [4.78, 5) is 30.4. The zero-order valence-electron chi connectivity index (χ0n) is 25.7. The molecule has 2 aliphatic heterocycles. The summed E-state index contributed by atoms with van der Waals surface area (Å²) in [5.41, 5.74) is 2.04. The third-order valence-electron chi connectivity index (χ3n) is 8.45. The van der Waals surface area contributed by atoms with Gasteiger partial charge in [-0.15, -0.1) is 0 Å². The summed E-state index contributed by atoms with van der Waals surface area (Å²) >= 11 is 0. The van der Waals surface area contributed by atoms with Gasteiger partial charge in [0, 0.05) is 50.0 Å². The van der Waals surface area contributed by atoms with Gasteiger partial charge in [-0.1, -0.05) is 42.5 Å². The van der Waals surface area contributed by atoms with Crippen LogP contribution in [0.15, 0.2) is 96.2 Å². The molecular formula is C33H30N6O8S. The van der Waals surface area contributed by atoms with E-state index in [1.165, 1.54) is 30.2 Å². The summed E-state index contributed by atoms with van der Waals surface area (Å²) < 4.78 is 49.4. The van der Waals surface area contributed by atoms with Crippen molar-refractivity contribution in [3.8, 4) is 22.8 Å². The van der Waals surface area contributed by atoms with Crippen molar-refractivity contribution in [1.82, 2.24) is 19.5 Å². The van der Waals surface area contributed by atoms with E-state index in [2.05, 4.69) is 5.10 Å². The van der Waals surface area contributed by atoms with Gasteiger partial charge in [-0.25, -0.2) is 12.9 Å². The van der Waals surface area contributed by atoms with Crippen LogP contribution in [0.3, 0.4) is 0 Å². The number of nitro groups is 1. The van der Waals surface area contributed by atoms with Gasteiger partial charge in [-0.2, -0.15) is 10.1 Å². The zero-order chi connectivity index (χ0) is 33.4. The summed E-state index contributed by atoms with van der Waals surface area (Å²) in [5.74, 6) is 0.345. The molecule has 1 saturated heterocycles. The van der Waals surface area contributed by atoms with Crippen molar-refractivity contribution >= 4 is 33.0 Å². The molecule has 14 nitrogen and oxygen atoms in total. The van der Waals surface area contributed by atoms with E-state index >= 15 is 0 Å². The quantitative estimate of drug-likeness (QED) is 0.182. The van der Waals surface area contributed by atoms with Crippen molar-refractivity contribution in [3.63, 3.8) is 0 Å². The van der Waals surface area contributed by atoms with Crippen LogP contribution >= 0.6 is 0 Å². The minimum Gasteiger partial charge on any atom is -0.489 e. The number of anilines is 1. The molecule has 1 fully saturated rings. The molecule has 48 heavy (non-hydrogen) atoms. The number of carbonyl (C=O) groups is 1. The van der Waals surface area contributed by atoms with Crippen LogP contribution in [0.4, 0.5) is 11.4 Å². The maximum absolute atomic E-state index is 14.5. The largest absolute Gasteiger partial charge is 0.489 e. The van der Waals surface area contributed by atoms with Gasteiger partial charge >= 0.3 is 0 Å². The Balaban J connectivity index is 1.42. The third kappa shape index (κ3) is 5.77. The molecule has 0 saturated carbocycles. The molecule has 0 N–H and O–H groups in total. The number of methoxy groups -OCH3 is 1. The Morgan fingerprint density at radius 1 is 1.04 bits per heavy atom. The molecule has 0 unspecified atom stereocenters. The second-order valence-electron chi connectivity index (χ2n) is 11.3. The van der Waals surface area contributed by atoms with Crippen molar-refractivity contribution in [3.05, 3.63) is 107 Å². The number of rotatable bonds is 7. The first kappa shape index (κ1) is 31.1. The molecule has 5 aromatic rings. The van der Waals surface area contributed by atoms with Gasteiger partial charge in [0.2, 0.25) is 5.88 Å². The lowest BCUT2D eigenvalue weighted by Crippen LogP contribution is -2.44.